The maximum absolute atomic E-state index is 15.4. The van der Waals surface area contributed by atoms with Crippen molar-refractivity contribution in [3.05, 3.63) is 11.6 Å². The first kappa shape index (κ1) is 84.3. The Kier molecular flexibility index (Phi) is 25.3. The molecular weight excluding hydrogens is 1430 g/mol. The summed E-state index contributed by atoms with van der Waals surface area (Å²) in [4.78, 5) is 15.4. The number of carbonyl (C=O) groups excluding carboxylic acids is 1. The molecule has 0 radical (unpaired) electrons. The van der Waals surface area contributed by atoms with Crippen LogP contribution in [0.15, 0.2) is 11.6 Å². The van der Waals surface area contributed by atoms with Crippen molar-refractivity contribution in [3.63, 3.8) is 0 Å². The summed E-state index contributed by atoms with van der Waals surface area (Å²) in [6, 6.07) is 0. The van der Waals surface area contributed by atoms with Gasteiger partial charge in [-0.2, -0.15) is 0 Å². The molecule has 616 valence electrons. The van der Waals surface area contributed by atoms with E-state index >= 15 is 4.79 Å². The van der Waals surface area contributed by atoms with E-state index in [9.17, 15) is 107 Å². The molecule has 36 nitrogen and oxygen atoms in total. The van der Waals surface area contributed by atoms with Gasteiger partial charge in [-0.1, -0.05) is 60.1 Å². The molecule has 42 atom stereocenters. The Morgan fingerprint density at radius 1 is 0.439 bits per heavy atom. The summed E-state index contributed by atoms with van der Waals surface area (Å²) in [6.45, 7) is 12.5. The van der Waals surface area contributed by atoms with Crippen LogP contribution in [-0.4, -0.2) is 368 Å². The van der Waals surface area contributed by atoms with Crippen molar-refractivity contribution in [2.45, 2.75) is 335 Å². The highest BCUT2D eigenvalue weighted by atomic mass is 16.8. The highest BCUT2D eigenvalue weighted by Crippen LogP contribution is 2.76. The Morgan fingerprint density at radius 2 is 0.916 bits per heavy atom. The maximum atomic E-state index is 15.4. The average molecular weight is 1550 g/mol. The molecule has 0 aromatic heterocycles. The molecule has 11 fully saturated rings. The predicted octanol–water partition coefficient (Wildman–Crippen LogP) is -6.90. The summed E-state index contributed by atoms with van der Waals surface area (Å²) >= 11 is 0. The number of ether oxygens (including phenoxy) is 14. The second kappa shape index (κ2) is 32.1. The van der Waals surface area contributed by atoms with Gasteiger partial charge in [-0.3, -0.25) is 4.79 Å². The summed E-state index contributed by atoms with van der Waals surface area (Å²) in [5.74, 6) is -0.790. The van der Waals surface area contributed by atoms with Crippen LogP contribution < -0.4 is 0 Å². The third-order valence-electron chi connectivity index (χ3n) is 27.3. The van der Waals surface area contributed by atoms with Crippen molar-refractivity contribution in [1.82, 2.24) is 0 Å². The maximum Gasteiger partial charge on any atom is 0.315 e. The van der Waals surface area contributed by atoms with E-state index < -0.39 is 270 Å². The van der Waals surface area contributed by atoms with Crippen LogP contribution in [0.25, 0.3) is 0 Å². The summed E-state index contributed by atoms with van der Waals surface area (Å²) in [5, 5.41) is 229. The first-order valence-corrected chi connectivity index (χ1v) is 37.6. The lowest BCUT2D eigenvalue weighted by atomic mass is 9.33. The second-order valence-corrected chi connectivity index (χ2v) is 34.3. The zero-order valence-electron chi connectivity index (χ0n) is 61.3. The van der Waals surface area contributed by atoms with E-state index in [2.05, 4.69) is 54.5 Å². The molecule has 7 heterocycles. The lowest BCUT2D eigenvalue weighted by Crippen LogP contribution is -2.67. The number of aliphatic hydroxyl groups is 21. The van der Waals surface area contributed by atoms with Crippen LogP contribution >= 0.6 is 0 Å². The third-order valence-corrected chi connectivity index (χ3v) is 27.3. The molecule has 7 aliphatic heterocycles. The SMILES string of the molecule is C[C@@H]1O[C@@H](O[C@H]2[C@H](O)[C@@H](O)[C@H](O[C@@H]3[C@@H](O)[C@H](OC[C@H]4O[C@@H](OC(=O)[C@]56CCC(C)(C)C[C@H]5C5=CC[C@@H]7[C@@]8(C)CC[C@H](O[C@@H]9OC[C@H](O)[C@H](O[C@@H]%10O[C@H](CO)[C@@H](O[C@@H]%11O[C@H](CO)[C@@H](O)[C@H](O)[C@H]%11O)[C@H](O)[C@H]%10O)[C@H]9O)C(C)(C)[C@@H]8CC[C@@]7(C)[C@]5(C)CC6)[C@H](O)[C@@H](O)[C@@H]4O)O[C@H](CO)[C@H]3O)O[C@@H]2CO)[C@H](O)[C@H](O)[C@H]1O. The van der Waals surface area contributed by atoms with Crippen molar-refractivity contribution in [3.8, 4) is 0 Å². The lowest BCUT2D eigenvalue weighted by molar-refractivity contribution is -0.380. The van der Waals surface area contributed by atoms with Gasteiger partial charge in [0.25, 0.3) is 0 Å². The number of hydrogen-bond acceptors (Lipinski definition) is 36. The van der Waals surface area contributed by atoms with Crippen molar-refractivity contribution in [2.24, 2.45) is 50.2 Å². The van der Waals surface area contributed by atoms with Gasteiger partial charge < -0.3 is 174 Å². The highest BCUT2D eigenvalue weighted by molar-refractivity contribution is 5.79. The molecule has 0 amide bonds. The number of carbonyl (C=O) groups is 1. The van der Waals surface area contributed by atoms with Gasteiger partial charge in [-0.05, 0) is 116 Å². The van der Waals surface area contributed by atoms with Crippen LogP contribution in [0.4, 0.5) is 0 Å². The van der Waals surface area contributed by atoms with Crippen molar-refractivity contribution in [1.29, 1.82) is 0 Å². The summed E-state index contributed by atoms with van der Waals surface area (Å²) in [6.07, 6.45) is -50.9. The molecule has 0 aromatic carbocycles. The number of aliphatic hydroxyl groups excluding tert-OH is 21. The molecule has 5 aliphatic carbocycles. The van der Waals surface area contributed by atoms with Gasteiger partial charge in [-0.25, -0.2) is 0 Å². The quantitative estimate of drug-likeness (QED) is 0.0325. The van der Waals surface area contributed by atoms with Crippen LogP contribution in [0.2, 0.25) is 0 Å². The fourth-order valence-corrected chi connectivity index (χ4v) is 20.6. The molecule has 12 rings (SSSR count). The van der Waals surface area contributed by atoms with E-state index in [4.69, 9.17) is 66.3 Å². The minimum absolute atomic E-state index is 0.0726. The zero-order chi connectivity index (χ0) is 78.0. The molecular formula is C71H116O36. The van der Waals surface area contributed by atoms with Gasteiger partial charge in [-0.15, -0.1) is 0 Å². The number of fused-ring (bicyclic) bond motifs is 7. The topological polar surface area (TPSA) is 571 Å². The summed E-state index contributed by atoms with van der Waals surface area (Å²) < 4.78 is 82.4. The average Bonchev–Trinajstić information content (AvgIpc) is 0.674. The molecule has 7 saturated heterocycles. The van der Waals surface area contributed by atoms with E-state index in [-0.39, 0.29) is 40.6 Å². The highest BCUT2D eigenvalue weighted by Gasteiger charge is 2.71. The Hall–Kier alpha value is -2.15. The number of esters is 1. The van der Waals surface area contributed by atoms with Crippen molar-refractivity contribution in [2.75, 3.05) is 39.6 Å². The van der Waals surface area contributed by atoms with Gasteiger partial charge in [0.15, 0.2) is 37.7 Å². The minimum atomic E-state index is -2.07. The minimum Gasteiger partial charge on any atom is -0.432 e. The summed E-state index contributed by atoms with van der Waals surface area (Å²) in [5.41, 5.74) is -1.73. The van der Waals surface area contributed by atoms with Gasteiger partial charge in [0.1, 0.15) is 159 Å². The standard InChI is InChI=1S/C71H116O36/c1-26-38(77)42(81)47(86)60(96-26)104-55-32(22-74)100-63(51(90)46(55)85)106-57-41(80)31(21-73)97-58(53(57)92)95-25-34-40(79)44(83)49(88)64(101-34)107-65(93)71-17-15-66(2,3)19-28(71)27-9-10-36-68(6)13-12-37(67(4,5)35(68)11-14-70(36,8)69(27,7)16-18-71)102-59-52(91)54(29(76)24-94-59)103-62-50(89)45(84)56(33(23-75)99-62)105-61-48(87)43(82)39(78)30(20-72)98-61/h9,26,28-64,72-92H,10-25H2,1-8H3/t26-,28-,29-,30+,31+,32+,33+,34+,35-,36+,37-,38-,39+,40+,41+,42+,43-,44-,45+,46+,47+,48+,49+,50+,51+,52+,53+,54-,55+,56+,57-,58+,59-,60-,61-,62-,63-,64-,68-,69+,70+,71-/m0/s1. The molecule has 12 aliphatic rings. The zero-order valence-corrected chi connectivity index (χ0v) is 61.3. The molecule has 0 spiro atoms. The van der Waals surface area contributed by atoms with Gasteiger partial charge in [0, 0.05) is 0 Å². The number of allylic oxidation sites excluding steroid dienone is 2. The fourth-order valence-electron chi connectivity index (χ4n) is 20.6. The summed E-state index contributed by atoms with van der Waals surface area (Å²) in [7, 11) is 0. The van der Waals surface area contributed by atoms with E-state index in [1.165, 1.54) is 6.92 Å². The van der Waals surface area contributed by atoms with Crippen molar-refractivity contribution < 1.29 is 178 Å². The van der Waals surface area contributed by atoms with Crippen LogP contribution in [0.5, 0.6) is 0 Å². The molecule has 0 bridgehead atoms. The third kappa shape index (κ3) is 14.9. The Labute approximate surface area is 618 Å². The lowest BCUT2D eigenvalue weighted by Gasteiger charge is -2.71. The van der Waals surface area contributed by atoms with E-state index in [1.807, 2.05) is 0 Å². The largest absolute Gasteiger partial charge is 0.432 e. The number of rotatable bonds is 19. The van der Waals surface area contributed by atoms with Crippen molar-refractivity contribution >= 4 is 5.97 Å². The van der Waals surface area contributed by atoms with Gasteiger partial charge >= 0.3 is 5.97 Å². The van der Waals surface area contributed by atoms with Crippen LogP contribution in [0.1, 0.15) is 120 Å². The Balaban J connectivity index is 0.689. The Bertz CT molecular complexity index is 3020. The van der Waals surface area contributed by atoms with E-state index in [1.54, 1.807) is 0 Å². The fraction of sp³-hybridized carbons (Fsp3) is 0.958. The first-order valence-electron chi connectivity index (χ1n) is 37.6. The smallest absolute Gasteiger partial charge is 0.315 e. The molecule has 107 heavy (non-hydrogen) atoms. The second-order valence-electron chi connectivity index (χ2n) is 34.3. The number of hydrogen-bond donors (Lipinski definition) is 21. The van der Waals surface area contributed by atoms with Gasteiger partial charge in [0.2, 0.25) is 6.29 Å². The molecule has 0 unspecified atom stereocenters. The molecule has 4 saturated carbocycles. The predicted molar refractivity (Wildman–Crippen MR) is 353 cm³/mol. The van der Waals surface area contributed by atoms with Crippen LogP contribution in [-0.2, 0) is 71.1 Å². The first-order chi connectivity index (χ1) is 50.3. The van der Waals surface area contributed by atoms with Crippen LogP contribution in [0, 0.1) is 50.2 Å². The van der Waals surface area contributed by atoms with Gasteiger partial charge in [0.05, 0.1) is 57.3 Å². The van der Waals surface area contributed by atoms with E-state index in [0.29, 0.717) is 51.4 Å². The molecule has 21 N–H and O–H groups in total. The molecule has 0 aromatic rings. The normalized spacial score (nSPS) is 54.2. The molecule has 36 heteroatoms. The Morgan fingerprint density at radius 3 is 1.50 bits per heavy atom. The van der Waals surface area contributed by atoms with Crippen LogP contribution in [0.3, 0.4) is 0 Å². The monoisotopic (exact) mass is 1540 g/mol. The van der Waals surface area contributed by atoms with E-state index in [0.717, 1.165) is 18.4 Å².